The molecule has 0 aromatic carbocycles. The third-order valence-electron chi connectivity index (χ3n) is 4.65. The number of hydrogen-bond acceptors (Lipinski definition) is 2. The molecule has 0 spiro atoms. The van der Waals surface area contributed by atoms with Crippen molar-refractivity contribution >= 4 is 5.91 Å². The lowest BCUT2D eigenvalue weighted by molar-refractivity contribution is -0.121. The van der Waals surface area contributed by atoms with Crippen molar-refractivity contribution in [1.29, 1.82) is 0 Å². The smallest absolute Gasteiger partial charge is 0.234 e. The lowest BCUT2D eigenvalue weighted by atomic mass is 9.84. The fourth-order valence-corrected chi connectivity index (χ4v) is 3.42. The van der Waals surface area contributed by atoms with Crippen molar-refractivity contribution in [2.75, 3.05) is 6.54 Å². The van der Waals surface area contributed by atoms with Crippen molar-refractivity contribution in [3.63, 3.8) is 0 Å². The average molecular weight is 252 g/mol. The van der Waals surface area contributed by atoms with Crippen LogP contribution in [-0.2, 0) is 4.79 Å². The van der Waals surface area contributed by atoms with Crippen molar-refractivity contribution in [1.82, 2.24) is 10.6 Å². The molecule has 1 amide bonds. The van der Waals surface area contributed by atoms with Gasteiger partial charge in [-0.15, -0.1) is 0 Å². The Morgan fingerprint density at radius 1 is 1.06 bits per heavy atom. The molecule has 2 saturated carbocycles. The van der Waals surface area contributed by atoms with Crippen molar-refractivity contribution in [2.24, 2.45) is 5.92 Å². The summed E-state index contributed by atoms with van der Waals surface area (Å²) in [6.07, 6.45) is 11.7. The predicted octanol–water partition coefficient (Wildman–Crippen LogP) is 2.60. The summed E-state index contributed by atoms with van der Waals surface area (Å²) in [5, 5.41) is 6.55. The minimum atomic E-state index is 0.181. The standard InChI is InChI=1S/C15H28N2O/c1-12(13-7-3-2-4-8-13)17-15(18)11-16-14-9-5-6-10-14/h12-14,16H,2-11H2,1H3,(H,17,18)/t12-/m1/s1. The second kappa shape index (κ2) is 7.13. The van der Waals surface area contributed by atoms with E-state index >= 15 is 0 Å². The summed E-state index contributed by atoms with van der Waals surface area (Å²) in [6, 6.07) is 0.934. The highest BCUT2D eigenvalue weighted by Crippen LogP contribution is 2.26. The number of carbonyl (C=O) groups excluding carboxylic acids is 1. The van der Waals surface area contributed by atoms with E-state index in [1.165, 1.54) is 57.8 Å². The number of hydrogen-bond donors (Lipinski definition) is 2. The van der Waals surface area contributed by atoms with E-state index in [2.05, 4.69) is 17.6 Å². The van der Waals surface area contributed by atoms with Gasteiger partial charge in [0.25, 0.3) is 0 Å². The van der Waals surface area contributed by atoms with Crippen LogP contribution in [0.15, 0.2) is 0 Å². The molecule has 3 heteroatoms. The van der Waals surface area contributed by atoms with Gasteiger partial charge in [-0.25, -0.2) is 0 Å². The third kappa shape index (κ3) is 4.27. The molecule has 2 rings (SSSR count). The molecule has 104 valence electrons. The fraction of sp³-hybridized carbons (Fsp3) is 0.933. The number of amides is 1. The summed E-state index contributed by atoms with van der Waals surface area (Å²) in [6.45, 7) is 2.67. The maximum atomic E-state index is 11.9. The number of nitrogens with one attached hydrogen (secondary N) is 2. The molecule has 0 bridgehead atoms. The molecular weight excluding hydrogens is 224 g/mol. The summed E-state index contributed by atoms with van der Waals surface area (Å²) < 4.78 is 0. The summed E-state index contributed by atoms with van der Waals surface area (Å²) in [5.41, 5.74) is 0. The normalized spacial score (nSPS) is 24.1. The molecule has 1 atom stereocenters. The van der Waals surface area contributed by atoms with E-state index in [1.54, 1.807) is 0 Å². The van der Waals surface area contributed by atoms with Crippen molar-refractivity contribution in [3.05, 3.63) is 0 Å². The van der Waals surface area contributed by atoms with Gasteiger partial charge in [0.2, 0.25) is 5.91 Å². The molecule has 0 aromatic heterocycles. The molecule has 2 N–H and O–H groups in total. The Balaban J connectivity index is 1.62. The van der Waals surface area contributed by atoms with Gasteiger partial charge in [-0.05, 0) is 38.5 Å². The Morgan fingerprint density at radius 3 is 2.33 bits per heavy atom. The molecule has 2 aliphatic rings. The van der Waals surface area contributed by atoms with Crippen LogP contribution in [0.5, 0.6) is 0 Å². The van der Waals surface area contributed by atoms with Gasteiger partial charge in [0, 0.05) is 12.1 Å². The summed E-state index contributed by atoms with van der Waals surface area (Å²) in [7, 11) is 0. The van der Waals surface area contributed by atoms with Crippen LogP contribution in [0.1, 0.15) is 64.7 Å². The van der Waals surface area contributed by atoms with E-state index in [0.717, 1.165) is 0 Å². The Kier molecular flexibility index (Phi) is 5.48. The maximum Gasteiger partial charge on any atom is 0.234 e. The van der Waals surface area contributed by atoms with Gasteiger partial charge in [0.1, 0.15) is 0 Å². The van der Waals surface area contributed by atoms with Crippen LogP contribution < -0.4 is 10.6 Å². The largest absolute Gasteiger partial charge is 0.352 e. The van der Waals surface area contributed by atoms with E-state index in [-0.39, 0.29) is 5.91 Å². The van der Waals surface area contributed by atoms with Crippen molar-refractivity contribution < 1.29 is 4.79 Å². The van der Waals surface area contributed by atoms with Crippen LogP contribution in [0.2, 0.25) is 0 Å². The van der Waals surface area contributed by atoms with Crippen LogP contribution in [0, 0.1) is 5.92 Å². The summed E-state index contributed by atoms with van der Waals surface area (Å²) in [5.74, 6) is 0.883. The number of rotatable bonds is 5. The first-order chi connectivity index (χ1) is 8.75. The van der Waals surface area contributed by atoms with Gasteiger partial charge in [-0.3, -0.25) is 4.79 Å². The number of carbonyl (C=O) groups is 1. The first-order valence-electron chi connectivity index (χ1n) is 7.78. The molecule has 0 aromatic rings. The van der Waals surface area contributed by atoms with Gasteiger partial charge in [0.05, 0.1) is 6.54 Å². The second-order valence-electron chi connectivity index (χ2n) is 6.12. The molecular formula is C15H28N2O. The van der Waals surface area contributed by atoms with Gasteiger partial charge < -0.3 is 10.6 Å². The van der Waals surface area contributed by atoms with Gasteiger partial charge in [-0.1, -0.05) is 32.1 Å². The SMILES string of the molecule is C[C@@H](NC(=O)CNC1CCCC1)C1CCCCC1. The lowest BCUT2D eigenvalue weighted by Gasteiger charge is -2.28. The molecule has 3 nitrogen and oxygen atoms in total. The Morgan fingerprint density at radius 2 is 1.67 bits per heavy atom. The molecule has 18 heavy (non-hydrogen) atoms. The van der Waals surface area contributed by atoms with E-state index < -0.39 is 0 Å². The van der Waals surface area contributed by atoms with Crippen LogP contribution in [0.25, 0.3) is 0 Å². The zero-order valence-electron chi connectivity index (χ0n) is 11.7. The minimum absolute atomic E-state index is 0.181. The van der Waals surface area contributed by atoms with E-state index in [1.807, 2.05) is 0 Å². The zero-order valence-corrected chi connectivity index (χ0v) is 11.7. The molecule has 2 fully saturated rings. The third-order valence-corrected chi connectivity index (χ3v) is 4.65. The predicted molar refractivity (Wildman–Crippen MR) is 74.4 cm³/mol. The first-order valence-corrected chi connectivity index (χ1v) is 7.78. The Bertz CT molecular complexity index is 255. The van der Waals surface area contributed by atoms with Gasteiger partial charge in [0.15, 0.2) is 0 Å². The molecule has 2 aliphatic carbocycles. The molecule has 0 unspecified atom stereocenters. The maximum absolute atomic E-state index is 11.9. The summed E-state index contributed by atoms with van der Waals surface area (Å²) in [4.78, 5) is 11.9. The minimum Gasteiger partial charge on any atom is -0.352 e. The highest BCUT2D eigenvalue weighted by Gasteiger charge is 2.22. The van der Waals surface area contributed by atoms with E-state index in [0.29, 0.717) is 24.5 Å². The first kappa shape index (κ1) is 13.9. The Hall–Kier alpha value is -0.570. The summed E-state index contributed by atoms with van der Waals surface area (Å²) >= 11 is 0. The Labute approximate surface area is 111 Å². The fourth-order valence-electron chi connectivity index (χ4n) is 3.42. The van der Waals surface area contributed by atoms with E-state index in [4.69, 9.17) is 0 Å². The lowest BCUT2D eigenvalue weighted by Crippen LogP contribution is -2.44. The van der Waals surface area contributed by atoms with Gasteiger partial charge in [-0.2, -0.15) is 0 Å². The van der Waals surface area contributed by atoms with Crippen molar-refractivity contribution in [2.45, 2.75) is 76.8 Å². The van der Waals surface area contributed by atoms with Crippen LogP contribution >= 0.6 is 0 Å². The molecule has 0 heterocycles. The molecule has 0 aliphatic heterocycles. The second-order valence-corrected chi connectivity index (χ2v) is 6.12. The zero-order chi connectivity index (χ0) is 12.8. The average Bonchev–Trinajstić information content (AvgIpc) is 2.90. The highest BCUT2D eigenvalue weighted by atomic mass is 16.1. The van der Waals surface area contributed by atoms with E-state index in [9.17, 15) is 4.79 Å². The van der Waals surface area contributed by atoms with Crippen LogP contribution in [0.3, 0.4) is 0 Å². The quantitative estimate of drug-likeness (QED) is 0.789. The molecule has 0 radical (unpaired) electrons. The van der Waals surface area contributed by atoms with Crippen molar-refractivity contribution in [3.8, 4) is 0 Å². The topological polar surface area (TPSA) is 41.1 Å². The van der Waals surface area contributed by atoms with Crippen LogP contribution in [0.4, 0.5) is 0 Å². The highest BCUT2D eigenvalue weighted by molar-refractivity contribution is 5.78. The molecule has 0 saturated heterocycles. The van der Waals surface area contributed by atoms with Gasteiger partial charge >= 0.3 is 0 Å². The monoisotopic (exact) mass is 252 g/mol. The van der Waals surface area contributed by atoms with Crippen LogP contribution in [-0.4, -0.2) is 24.5 Å².